The van der Waals surface area contributed by atoms with Crippen LogP contribution in [0.2, 0.25) is 0 Å². The van der Waals surface area contributed by atoms with Crippen LogP contribution in [-0.2, 0) is 9.53 Å². The van der Waals surface area contributed by atoms with Gasteiger partial charge in [0.25, 0.3) is 0 Å². The number of benzene rings is 1. The van der Waals surface area contributed by atoms with E-state index in [1.807, 2.05) is 18.2 Å². The number of hydrogen-bond donors (Lipinski definition) is 1. The molecule has 0 spiro atoms. The Labute approximate surface area is 101 Å². The van der Waals surface area contributed by atoms with Gasteiger partial charge in [0.05, 0.1) is 6.61 Å². The molecule has 0 amide bonds. The lowest BCUT2D eigenvalue weighted by atomic mass is 10.1. The maximum atomic E-state index is 11.2. The number of hydrogen-bond acceptors (Lipinski definition) is 2. The zero-order valence-corrected chi connectivity index (χ0v) is 9.84. The molecule has 1 N–H and O–H groups in total. The summed E-state index contributed by atoms with van der Waals surface area (Å²) in [5.41, 5.74) is 0.720. The van der Waals surface area contributed by atoms with Crippen molar-refractivity contribution in [2.45, 2.75) is 31.8 Å². The second kappa shape index (κ2) is 5.82. The Hall–Kier alpha value is -1.35. The van der Waals surface area contributed by atoms with Crippen LogP contribution in [0, 0.1) is 5.92 Å². The molecule has 3 heteroatoms. The van der Waals surface area contributed by atoms with E-state index in [-0.39, 0.29) is 0 Å². The highest BCUT2D eigenvalue weighted by Gasteiger charge is 2.23. The second-order valence-electron chi connectivity index (χ2n) is 4.61. The molecule has 1 aromatic rings. The maximum absolute atomic E-state index is 11.2. The van der Waals surface area contributed by atoms with Gasteiger partial charge in [-0.05, 0) is 24.3 Å². The van der Waals surface area contributed by atoms with E-state index >= 15 is 0 Å². The SMILES string of the molecule is O=C(O)[C@H](OCC1CCCC1)c1ccccc1. The van der Waals surface area contributed by atoms with Crippen molar-refractivity contribution in [1.82, 2.24) is 0 Å². The zero-order chi connectivity index (χ0) is 12.1. The predicted octanol–water partition coefficient (Wildman–Crippen LogP) is 3.02. The summed E-state index contributed by atoms with van der Waals surface area (Å²) in [6, 6.07) is 9.15. The van der Waals surface area contributed by atoms with Crippen molar-refractivity contribution in [2.75, 3.05) is 6.61 Å². The van der Waals surface area contributed by atoms with E-state index in [1.165, 1.54) is 25.7 Å². The molecule has 0 saturated heterocycles. The van der Waals surface area contributed by atoms with Crippen molar-refractivity contribution in [3.05, 3.63) is 35.9 Å². The Balaban J connectivity index is 1.95. The van der Waals surface area contributed by atoms with Crippen molar-refractivity contribution in [3.63, 3.8) is 0 Å². The van der Waals surface area contributed by atoms with Crippen LogP contribution < -0.4 is 0 Å². The minimum Gasteiger partial charge on any atom is -0.479 e. The molecule has 0 unspecified atom stereocenters. The monoisotopic (exact) mass is 234 g/mol. The van der Waals surface area contributed by atoms with Gasteiger partial charge in [-0.3, -0.25) is 0 Å². The third-order valence-corrected chi connectivity index (χ3v) is 3.30. The van der Waals surface area contributed by atoms with Gasteiger partial charge in [0, 0.05) is 0 Å². The lowest BCUT2D eigenvalue weighted by Gasteiger charge is -2.16. The number of aliphatic carboxylic acids is 1. The van der Waals surface area contributed by atoms with Crippen LogP contribution in [0.1, 0.15) is 37.4 Å². The smallest absolute Gasteiger partial charge is 0.337 e. The molecule has 92 valence electrons. The number of carboxylic acid groups (broad SMARTS) is 1. The average Bonchev–Trinajstić information content (AvgIpc) is 2.83. The predicted molar refractivity (Wildman–Crippen MR) is 64.7 cm³/mol. The van der Waals surface area contributed by atoms with Gasteiger partial charge in [-0.2, -0.15) is 0 Å². The summed E-state index contributed by atoms with van der Waals surface area (Å²) in [6.45, 7) is 0.561. The molecular weight excluding hydrogens is 216 g/mol. The molecule has 2 rings (SSSR count). The molecule has 0 radical (unpaired) electrons. The number of carboxylic acids is 1. The Morgan fingerprint density at radius 2 is 1.94 bits per heavy atom. The van der Waals surface area contributed by atoms with Gasteiger partial charge in [-0.1, -0.05) is 43.2 Å². The molecule has 0 aliphatic heterocycles. The van der Waals surface area contributed by atoms with Crippen LogP contribution in [0.4, 0.5) is 0 Å². The first-order chi connectivity index (χ1) is 8.27. The van der Waals surface area contributed by atoms with Crippen LogP contribution in [0.25, 0.3) is 0 Å². The van der Waals surface area contributed by atoms with Gasteiger partial charge in [-0.25, -0.2) is 4.79 Å². The fourth-order valence-corrected chi connectivity index (χ4v) is 2.35. The highest BCUT2D eigenvalue weighted by atomic mass is 16.5. The minimum absolute atomic E-state index is 0.542. The summed E-state index contributed by atoms with van der Waals surface area (Å²) in [7, 11) is 0. The lowest BCUT2D eigenvalue weighted by Crippen LogP contribution is -2.18. The van der Waals surface area contributed by atoms with Gasteiger partial charge in [-0.15, -0.1) is 0 Å². The van der Waals surface area contributed by atoms with Gasteiger partial charge in [0.1, 0.15) is 0 Å². The summed E-state index contributed by atoms with van der Waals surface area (Å²) in [6.07, 6.45) is 4.01. The highest BCUT2D eigenvalue weighted by molar-refractivity contribution is 5.74. The molecule has 0 heterocycles. The zero-order valence-electron chi connectivity index (χ0n) is 9.84. The quantitative estimate of drug-likeness (QED) is 0.851. The molecule has 1 fully saturated rings. The normalized spacial score (nSPS) is 18.1. The Morgan fingerprint density at radius 1 is 1.29 bits per heavy atom. The van der Waals surface area contributed by atoms with Crippen LogP contribution >= 0.6 is 0 Å². The van der Waals surface area contributed by atoms with Crippen LogP contribution in [0.15, 0.2) is 30.3 Å². The van der Waals surface area contributed by atoms with E-state index in [1.54, 1.807) is 12.1 Å². The first-order valence-corrected chi connectivity index (χ1v) is 6.16. The molecule has 1 saturated carbocycles. The average molecular weight is 234 g/mol. The molecule has 1 aliphatic carbocycles. The highest BCUT2D eigenvalue weighted by Crippen LogP contribution is 2.27. The number of rotatable bonds is 5. The molecule has 1 aromatic carbocycles. The standard InChI is InChI=1S/C14H18O3/c15-14(16)13(12-8-2-1-3-9-12)17-10-11-6-4-5-7-11/h1-3,8-9,11,13H,4-7,10H2,(H,15,16)/t13-/m1/s1. The fourth-order valence-electron chi connectivity index (χ4n) is 2.35. The Kier molecular flexibility index (Phi) is 4.15. The van der Waals surface area contributed by atoms with Gasteiger partial charge >= 0.3 is 5.97 Å². The maximum Gasteiger partial charge on any atom is 0.337 e. The fraction of sp³-hybridized carbons (Fsp3) is 0.500. The van der Waals surface area contributed by atoms with Crippen molar-refractivity contribution >= 4 is 5.97 Å². The lowest BCUT2D eigenvalue weighted by molar-refractivity contribution is -0.151. The van der Waals surface area contributed by atoms with Gasteiger partial charge in [0.2, 0.25) is 0 Å². The van der Waals surface area contributed by atoms with E-state index in [0.29, 0.717) is 12.5 Å². The van der Waals surface area contributed by atoms with Crippen molar-refractivity contribution < 1.29 is 14.6 Å². The van der Waals surface area contributed by atoms with Crippen molar-refractivity contribution in [3.8, 4) is 0 Å². The molecule has 1 aliphatic rings. The second-order valence-corrected chi connectivity index (χ2v) is 4.61. The van der Waals surface area contributed by atoms with Crippen LogP contribution in [0.5, 0.6) is 0 Å². The van der Waals surface area contributed by atoms with Gasteiger partial charge in [0.15, 0.2) is 6.10 Å². The topological polar surface area (TPSA) is 46.5 Å². The van der Waals surface area contributed by atoms with E-state index in [0.717, 1.165) is 5.56 Å². The largest absolute Gasteiger partial charge is 0.479 e. The third kappa shape index (κ3) is 3.30. The van der Waals surface area contributed by atoms with E-state index in [2.05, 4.69) is 0 Å². The number of carbonyl (C=O) groups is 1. The van der Waals surface area contributed by atoms with E-state index < -0.39 is 12.1 Å². The molecule has 17 heavy (non-hydrogen) atoms. The molecule has 3 nitrogen and oxygen atoms in total. The molecular formula is C14H18O3. The Morgan fingerprint density at radius 3 is 2.53 bits per heavy atom. The number of ether oxygens (including phenoxy) is 1. The first kappa shape index (κ1) is 12.1. The summed E-state index contributed by atoms with van der Waals surface area (Å²) in [5, 5.41) is 9.18. The summed E-state index contributed by atoms with van der Waals surface area (Å²) in [4.78, 5) is 11.2. The first-order valence-electron chi connectivity index (χ1n) is 6.16. The van der Waals surface area contributed by atoms with Gasteiger partial charge < -0.3 is 9.84 Å². The summed E-state index contributed by atoms with van der Waals surface area (Å²) < 4.78 is 5.57. The molecule has 0 aromatic heterocycles. The minimum atomic E-state index is -0.908. The molecule has 1 atom stereocenters. The Bertz CT molecular complexity index is 355. The van der Waals surface area contributed by atoms with Crippen LogP contribution in [-0.4, -0.2) is 17.7 Å². The summed E-state index contributed by atoms with van der Waals surface area (Å²) >= 11 is 0. The molecule has 0 bridgehead atoms. The van der Waals surface area contributed by atoms with Crippen LogP contribution in [0.3, 0.4) is 0 Å². The summed E-state index contributed by atoms with van der Waals surface area (Å²) in [5.74, 6) is -0.366. The third-order valence-electron chi connectivity index (χ3n) is 3.30. The van der Waals surface area contributed by atoms with E-state index in [4.69, 9.17) is 4.74 Å². The van der Waals surface area contributed by atoms with E-state index in [9.17, 15) is 9.90 Å². The van der Waals surface area contributed by atoms with Crippen molar-refractivity contribution in [2.24, 2.45) is 5.92 Å². The van der Waals surface area contributed by atoms with Crippen molar-refractivity contribution in [1.29, 1.82) is 0 Å².